The minimum atomic E-state index is -0.0174. The number of hydrogen-bond donors (Lipinski definition) is 0. The fraction of sp³-hybridized carbons (Fsp3) is 0.0625. The van der Waals surface area contributed by atoms with Crippen molar-refractivity contribution in [2.75, 3.05) is 0 Å². The molecule has 2 aromatic carbocycles. The summed E-state index contributed by atoms with van der Waals surface area (Å²) >= 11 is 0. The zero-order valence-corrected chi connectivity index (χ0v) is 13.2. The Kier molecular flexibility index (Phi) is 5.01. The summed E-state index contributed by atoms with van der Waals surface area (Å²) in [7, 11) is 0. The Morgan fingerprint density at radius 2 is 1.65 bits per heavy atom. The molecule has 0 aliphatic rings. The van der Waals surface area contributed by atoms with E-state index >= 15 is 0 Å². The van der Waals surface area contributed by atoms with Gasteiger partial charge in [0.05, 0.1) is 11.2 Å². The van der Waals surface area contributed by atoms with Crippen LogP contribution in [0.4, 0.5) is 0 Å². The van der Waals surface area contributed by atoms with Crippen LogP contribution >= 0.6 is 0 Å². The van der Waals surface area contributed by atoms with E-state index in [2.05, 4.69) is 4.98 Å². The van der Waals surface area contributed by atoms with Crippen molar-refractivity contribution in [2.45, 2.75) is 6.61 Å². The number of fused-ring (bicyclic) bond motifs is 1. The molecule has 0 aliphatic carbocycles. The molecule has 0 spiro atoms. The zero-order valence-electron chi connectivity index (χ0n) is 11.2. The van der Waals surface area contributed by atoms with Gasteiger partial charge >= 0.3 is 29.6 Å². The number of nitrogens with zero attached hydrogens (tertiary/aromatic N) is 1. The van der Waals surface area contributed by atoms with Crippen LogP contribution in [0.25, 0.3) is 10.9 Å². The van der Waals surface area contributed by atoms with Crippen LogP contribution in [-0.2, 0) is 6.61 Å². The van der Waals surface area contributed by atoms with Crippen LogP contribution in [0.15, 0.2) is 60.7 Å². The summed E-state index contributed by atoms with van der Waals surface area (Å²) in [5, 5.41) is 12.1. The molecule has 4 heteroatoms. The molecule has 0 amide bonds. The maximum atomic E-state index is 11.0. The molecule has 0 aliphatic heterocycles. The van der Waals surface area contributed by atoms with Crippen molar-refractivity contribution in [3.05, 3.63) is 66.4 Å². The summed E-state index contributed by atoms with van der Waals surface area (Å²) in [6.45, 7) is 0.392. The average Bonchev–Trinajstić information content (AvgIpc) is 2.46. The second-order valence-electron chi connectivity index (χ2n) is 4.26. The van der Waals surface area contributed by atoms with E-state index < -0.39 is 0 Å². The molecule has 1 aromatic heterocycles. The van der Waals surface area contributed by atoms with Gasteiger partial charge in [0, 0.05) is 5.39 Å². The maximum Gasteiger partial charge on any atom is 1.00 e. The Bertz CT molecular complexity index is 698. The third-order valence-electron chi connectivity index (χ3n) is 2.87. The van der Waals surface area contributed by atoms with Gasteiger partial charge < -0.3 is 9.84 Å². The zero-order chi connectivity index (χ0) is 13.1. The van der Waals surface area contributed by atoms with E-state index in [1.807, 2.05) is 36.4 Å². The van der Waals surface area contributed by atoms with Gasteiger partial charge in [-0.2, -0.15) is 0 Å². The standard InChI is InChI=1S/C16H13NO2.Na/c18-14-7-9-15(10-8-14)19-11-13-6-5-12-3-1-2-4-16(12)17-13;/h1-10,18H,11H2;/q;+1/p-1. The first-order valence-corrected chi connectivity index (χ1v) is 6.06. The first-order valence-electron chi connectivity index (χ1n) is 6.06. The summed E-state index contributed by atoms with van der Waals surface area (Å²) in [5.74, 6) is 0.658. The van der Waals surface area contributed by atoms with E-state index in [1.54, 1.807) is 12.1 Å². The molecule has 0 bridgehead atoms. The molecule has 20 heavy (non-hydrogen) atoms. The second kappa shape index (κ2) is 6.75. The molecule has 3 nitrogen and oxygen atoms in total. The van der Waals surface area contributed by atoms with E-state index in [1.165, 1.54) is 12.1 Å². The number of para-hydroxylation sites is 1. The van der Waals surface area contributed by atoms with Crippen LogP contribution in [0.3, 0.4) is 0 Å². The number of hydrogen-bond acceptors (Lipinski definition) is 3. The summed E-state index contributed by atoms with van der Waals surface area (Å²) < 4.78 is 5.59. The van der Waals surface area contributed by atoms with E-state index in [0.717, 1.165) is 16.6 Å². The number of rotatable bonds is 3. The number of pyridine rings is 1. The molecule has 1 heterocycles. The normalized spacial score (nSPS) is 10.0. The first-order chi connectivity index (χ1) is 9.31. The number of ether oxygens (including phenoxy) is 1. The third-order valence-corrected chi connectivity index (χ3v) is 2.87. The van der Waals surface area contributed by atoms with Gasteiger partial charge in [-0.25, -0.2) is 4.98 Å². The van der Waals surface area contributed by atoms with E-state index in [-0.39, 0.29) is 35.3 Å². The van der Waals surface area contributed by atoms with Gasteiger partial charge in [0.1, 0.15) is 12.4 Å². The topological polar surface area (TPSA) is 45.2 Å². The van der Waals surface area contributed by atoms with Gasteiger partial charge in [0.15, 0.2) is 0 Å². The van der Waals surface area contributed by atoms with Gasteiger partial charge in [0.25, 0.3) is 0 Å². The molecule has 0 saturated heterocycles. The van der Waals surface area contributed by atoms with Gasteiger partial charge in [0.2, 0.25) is 0 Å². The predicted molar refractivity (Wildman–Crippen MR) is 72.0 cm³/mol. The SMILES string of the molecule is [Na+].[O-]c1ccc(OCc2ccc3ccccc3n2)cc1. The first kappa shape index (κ1) is 14.9. The molecule has 3 rings (SSSR count). The minimum absolute atomic E-state index is 0. The van der Waals surface area contributed by atoms with Gasteiger partial charge in [-0.15, -0.1) is 5.75 Å². The Morgan fingerprint density at radius 1 is 0.900 bits per heavy atom. The molecule has 0 unspecified atom stereocenters. The van der Waals surface area contributed by atoms with E-state index in [4.69, 9.17) is 4.74 Å². The minimum Gasteiger partial charge on any atom is -0.872 e. The van der Waals surface area contributed by atoms with E-state index in [0.29, 0.717) is 12.4 Å². The molecule has 0 saturated carbocycles. The molecule has 0 atom stereocenters. The Hall–Kier alpha value is -1.55. The number of benzene rings is 2. The van der Waals surface area contributed by atoms with Crippen molar-refractivity contribution < 1.29 is 39.4 Å². The monoisotopic (exact) mass is 273 g/mol. The van der Waals surface area contributed by atoms with E-state index in [9.17, 15) is 5.11 Å². The Morgan fingerprint density at radius 3 is 2.45 bits per heavy atom. The molecule has 3 aromatic rings. The maximum absolute atomic E-state index is 11.0. The molecular weight excluding hydrogens is 261 g/mol. The van der Waals surface area contributed by atoms with Crippen LogP contribution < -0.4 is 39.4 Å². The van der Waals surface area contributed by atoms with Crippen LogP contribution in [-0.4, -0.2) is 4.98 Å². The van der Waals surface area contributed by atoms with Gasteiger partial charge in [-0.1, -0.05) is 36.4 Å². The van der Waals surface area contributed by atoms with Gasteiger partial charge in [-0.05, 0) is 24.3 Å². The Labute approximate surface area is 139 Å². The summed E-state index contributed by atoms with van der Waals surface area (Å²) in [4.78, 5) is 4.52. The van der Waals surface area contributed by atoms with Crippen LogP contribution in [0.1, 0.15) is 5.69 Å². The van der Waals surface area contributed by atoms with Crippen molar-refractivity contribution >= 4 is 10.9 Å². The average molecular weight is 273 g/mol. The summed E-state index contributed by atoms with van der Waals surface area (Å²) in [6.07, 6.45) is 0. The quantitative estimate of drug-likeness (QED) is 0.626. The van der Waals surface area contributed by atoms with Crippen molar-refractivity contribution in [2.24, 2.45) is 0 Å². The molecular formula is C16H12NNaO2. The van der Waals surface area contributed by atoms with Crippen molar-refractivity contribution in [3.63, 3.8) is 0 Å². The molecule has 0 fully saturated rings. The third kappa shape index (κ3) is 3.51. The molecule has 94 valence electrons. The smallest absolute Gasteiger partial charge is 0.872 e. The predicted octanol–water partition coefficient (Wildman–Crippen LogP) is -0.109. The fourth-order valence-corrected chi connectivity index (χ4v) is 1.88. The van der Waals surface area contributed by atoms with Crippen molar-refractivity contribution in [1.82, 2.24) is 4.98 Å². The summed E-state index contributed by atoms with van der Waals surface area (Å²) in [5.41, 5.74) is 1.82. The fourth-order valence-electron chi connectivity index (χ4n) is 1.88. The van der Waals surface area contributed by atoms with Crippen molar-refractivity contribution in [3.8, 4) is 11.5 Å². The van der Waals surface area contributed by atoms with Gasteiger partial charge in [-0.3, -0.25) is 0 Å². The largest absolute Gasteiger partial charge is 1.00 e. The molecule has 0 radical (unpaired) electrons. The van der Waals surface area contributed by atoms with Crippen LogP contribution in [0.2, 0.25) is 0 Å². The number of aromatic nitrogens is 1. The molecule has 0 N–H and O–H groups in total. The summed E-state index contributed by atoms with van der Waals surface area (Å²) in [6, 6.07) is 18.3. The second-order valence-corrected chi connectivity index (χ2v) is 4.26. The Balaban J connectivity index is 0.00000147. The van der Waals surface area contributed by atoms with Crippen LogP contribution in [0.5, 0.6) is 11.5 Å². The van der Waals surface area contributed by atoms with Crippen LogP contribution in [0, 0.1) is 0 Å². The van der Waals surface area contributed by atoms with Crippen molar-refractivity contribution in [1.29, 1.82) is 0 Å².